The molecule has 4 aromatic rings. The molecule has 292 valence electrons. The fraction of sp³-hybridized carbons (Fsp3) is 0.176. The molecule has 22 heteroatoms. The summed E-state index contributed by atoms with van der Waals surface area (Å²) < 4.78 is 21.3. The van der Waals surface area contributed by atoms with Crippen molar-refractivity contribution < 1.29 is 110 Å². The minimum absolute atomic E-state index is 0.403. The molecule has 4 aliphatic rings. The molecule has 56 heavy (non-hydrogen) atoms. The Morgan fingerprint density at radius 1 is 0.411 bits per heavy atom. The van der Waals surface area contributed by atoms with Gasteiger partial charge >= 0.3 is 23.9 Å². The highest BCUT2D eigenvalue weighted by Gasteiger charge is 2.53. The number of aromatic hydroxyl groups is 12. The zero-order valence-corrected chi connectivity index (χ0v) is 27.4. The number of phenolic OH excluding ortho intramolecular Hbond substituents is 12. The number of esters is 4. The lowest BCUT2D eigenvalue weighted by molar-refractivity contribution is -0.153. The first-order chi connectivity index (χ1) is 26.3. The Morgan fingerprint density at radius 2 is 0.804 bits per heavy atom. The largest absolute Gasteiger partial charge is 0.504 e. The molecular weight excluding hydrogens is 760 g/mol. The van der Waals surface area contributed by atoms with E-state index in [9.17, 15) is 90.7 Å². The molecule has 22 nitrogen and oxygen atoms in total. The third-order valence-corrected chi connectivity index (χ3v) is 9.33. The smallest absolute Gasteiger partial charge is 0.339 e. The van der Waals surface area contributed by atoms with E-state index in [1.807, 2.05) is 0 Å². The zero-order chi connectivity index (χ0) is 41.0. The molecule has 0 aromatic heterocycles. The Bertz CT molecular complexity index is 2470. The van der Waals surface area contributed by atoms with Gasteiger partial charge in [0.05, 0.1) is 22.3 Å². The molecule has 0 saturated heterocycles. The van der Waals surface area contributed by atoms with Crippen LogP contribution in [0.1, 0.15) is 53.1 Å². The number of aliphatic hydroxyl groups is 2. The van der Waals surface area contributed by atoms with Crippen molar-refractivity contribution >= 4 is 23.9 Å². The number of benzene rings is 4. The predicted molar refractivity (Wildman–Crippen MR) is 173 cm³/mol. The summed E-state index contributed by atoms with van der Waals surface area (Å²) in [6, 6.07) is 1.33. The van der Waals surface area contributed by atoms with Crippen LogP contribution in [0.3, 0.4) is 0 Å². The maximum Gasteiger partial charge on any atom is 0.339 e. The molecule has 5 atom stereocenters. The lowest BCUT2D eigenvalue weighted by Crippen LogP contribution is -2.55. The van der Waals surface area contributed by atoms with Crippen molar-refractivity contribution in [2.24, 2.45) is 0 Å². The second kappa shape index (κ2) is 12.4. The van der Waals surface area contributed by atoms with Gasteiger partial charge in [-0.15, -0.1) is 0 Å². The molecule has 0 spiro atoms. The van der Waals surface area contributed by atoms with Gasteiger partial charge in [0.2, 0.25) is 23.0 Å². The van der Waals surface area contributed by atoms with Crippen molar-refractivity contribution in [3.8, 4) is 91.2 Å². The van der Waals surface area contributed by atoms with Crippen molar-refractivity contribution in [2.75, 3.05) is 6.61 Å². The van der Waals surface area contributed by atoms with Gasteiger partial charge in [-0.1, -0.05) is 0 Å². The van der Waals surface area contributed by atoms with Crippen LogP contribution in [-0.2, 0) is 18.9 Å². The van der Waals surface area contributed by atoms with Crippen LogP contribution in [0.25, 0.3) is 22.3 Å². The predicted octanol–water partition coefficient (Wildman–Crippen LogP) is 0.356. The Labute approximate surface area is 307 Å². The minimum atomic E-state index is -2.55. The number of cyclic esters (lactones) is 2. The summed E-state index contributed by atoms with van der Waals surface area (Å²) in [6.45, 7) is -1.31. The van der Waals surface area contributed by atoms with Gasteiger partial charge in [0.25, 0.3) is 0 Å². The number of ether oxygens (including phenoxy) is 4. The summed E-state index contributed by atoms with van der Waals surface area (Å²) in [4.78, 5) is 55.1. The van der Waals surface area contributed by atoms with Crippen molar-refractivity contribution in [1.29, 1.82) is 0 Å². The van der Waals surface area contributed by atoms with Gasteiger partial charge in [-0.25, -0.2) is 19.2 Å². The number of carbonyl (C=O) groups excluding carboxylic acids is 4. The molecule has 14 N–H and O–H groups in total. The fourth-order valence-electron chi connectivity index (χ4n) is 6.70. The summed E-state index contributed by atoms with van der Waals surface area (Å²) >= 11 is 0. The van der Waals surface area contributed by atoms with E-state index in [4.69, 9.17) is 18.9 Å². The normalized spacial score (nSPS) is 21.6. The lowest BCUT2D eigenvalue weighted by Gasteiger charge is -2.40. The van der Waals surface area contributed by atoms with Gasteiger partial charge in [0.15, 0.2) is 64.3 Å². The number of carbonyl (C=O) groups is 4. The molecule has 1 unspecified atom stereocenters. The summed E-state index contributed by atoms with van der Waals surface area (Å²) in [6.07, 6.45) is -12.4. The van der Waals surface area contributed by atoms with Gasteiger partial charge < -0.3 is 90.4 Å². The maximum absolute atomic E-state index is 14.1. The van der Waals surface area contributed by atoms with Crippen LogP contribution in [-0.4, -0.2) is 126 Å². The van der Waals surface area contributed by atoms with E-state index in [-0.39, 0.29) is 0 Å². The fourth-order valence-corrected chi connectivity index (χ4v) is 6.70. The van der Waals surface area contributed by atoms with Crippen LogP contribution in [0.2, 0.25) is 0 Å². The molecule has 0 fully saturated rings. The van der Waals surface area contributed by atoms with Gasteiger partial charge in [-0.05, 0) is 18.2 Å². The topological polar surface area (TPSA) is 388 Å². The van der Waals surface area contributed by atoms with Crippen molar-refractivity contribution in [1.82, 2.24) is 0 Å². The van der Waals surface area contributed by atoms with Crippen LogP contribution in [0.5, 0.6) is 69.0 Å². The molecular formula is C34H24O22. The molecule has 4 bridgehead atoms. The Hall–Kier alpha value is -7.72. The lowest BCUT2D eigenvalue weighted by atomic mass is 9.82. The summed E-state index contributed by atoms with van der Waals surface area (Å²) in [7, 11) is 0. The summed E-state index contributed by atoms with van der Waals surface area (Å²) in [5.41, 5.74) is -9.23. The number of aliphatic hydroxyl groups excluding tert-OH is 2. The van der Waals surface area contributed by atoms with Crippen LogP contribution in [0, 0.1) is 0 Å². The van der Waals surface area contributed by atoms with E-state index < -0.39 is 180 Å². The molecule has 0 radical (unpaired) electrons. The highest BCUT2D eigenvalue weighted by atomic mass is 16.6. The third-order valence-electron chi connectivity index (χ3n) is 9.33. The number of hydrogen-bond acceptors (Lipinski definition) is 22. The van der Waals surface area contributed by atoms with Crippen molar-refractivity contribution in [3.63, 3.8) is 0 Å². The van der Waals surface area contributed by atoms with E-state index in [2.05, 4.69) is 0 Å². The SMILES string of the molecule is O=C1OCC(O)[C@H]([C@H]2OC(=O)c3cc(O)c(O)c(O)c3-c3c(O)c(O)c(O)c4c3C(=O)O[C@H]2[C@H]4O)OC(=O)c2cc(O)c(O)c(O)c2-c2c1cc(O)c(O)c2O. The van der Waals surface area contributed by atoms with E-state index in [1.165, 1.54) is 0 Å². The summed E-state index contributed by atoms with van der Waals surface area (Å²) in [5.74, 6) is -22.9. The van der Waals surface area contributed by atoms with Gasteiger partial charge in [-0.3, -0.25) is 0 Å². The summed E-state index contributed by atoms with van der Waals surface area (Å²) in [5, 5.41) is 150. The number of fused-ring (bicyclic) bond motifs is 6. The van der Waals surface area contributed by atoms with Gasteiger partial charge in [0.1, 0.15) is 18.8 Å². The monoisotopic (exact) mass is 784 g/mol. The molecule has 4 heterocycles. The van der Waals surface area contributed by atoms with Crippen LogP contribution < -0.4 is 0 Å². The Balaban J connectivity index is 1.48. The van der Waals surface area contributed by atoms with Gasteiger partial charge in [0, 0.05) is 27.8 Å². The van der Waals surface area contributed by atoms with E-state index in [1.54, 1.807) is 0 Å². The Kier molecular flexibility index (Phi) is 8.13. The first-order valence-electron chi connectivity index (χ1n) is 15.6. The molecule has 4 aliphatic heterocycles. The first-order valence-corrected chi connectivity index (χ1v) is 15.6. The van der Waals surface area contributed by atoms with Crippen molar-refractivity contribution in [2.45, 2.75) is 30.5 Å². The third kappa shape index (κ3) is 5.03. The number of rotatable bonds is 1. The van der Waals surface area contributed by atoms with Crippen LogP contribution in [0.15, 0.2) is 18.2 Å². The maximum atomic E-state index is 14.1. The highest BCUT2D eigenvalue weighted by molar-refractivity contribution is 6.11. The van der Waals surface area contributed by atoms with Crippen LogP contribution >= 0.6 is 0 Å². The number of hydrogen-bond donors (Lipinski definition) is 14. The number of phenols is 12. The molecule has 8 rings (SSSR count). The molecule has 0 amide bonds. The zero-order valence-electron chi connectivity index (χ0n) is 27.4. The minimum Gasteiger partial charge on any atom is -0.504 e. The van der Waals surface area contributed by atoms with Gasteiger partial charge in [-0.2, -0.15) is 0 Å². The van der Waals surface area contributed by atoms with E-state index in [0.717, 1.165) is 0 Å². The second-order valence-corrected chi connectivity index (χ2v) is 12.5. The molecule has 0 aliphatic carbocycles. The standard InChI is InChI=1S/C34H24O22/c35-8-1-5-12(21(42)18(8)39)13-6(2-9(36)19(40)22(13)43)32(50)54-28(11(38)4-53-31(5)49)30-29-26(47)17-16(34(52)55-29)15(24(45)27(48)25(17)46)14-7(33(51)56-30)3-10(37)20(41)23(14)44/h1-3,11,26,28-30,35-48H,4H2/t11?,26-,28+,29-,30+/m0/s1. The average molecular weight is 785 g/mol. The highest BCUT2D eigenvalue weighted by Crippen LogP contribution is 2.58. The quantitative estimate of drug-likeness (QED) is 0.0703. The van der Waals surface area contributed by atoms with Crippen molar-refractivity contribution in [3.05, 3.63) is 46.0 Å². The first kappa shape index (κ1) is 36.6. The molecule has 4 aromatic carbocycles. The van der Waals surface area contributed by atoms with Crippen LogP contribution in [0.4, 0.5) is 0 Å². The molecule has 0 saturated carbocycles. The Morgan fingerprint density at radius 3 is 1.29 bits per heavy atom. The average Bonchev–Trinajstić information content (AvgIpc) is 3.16. The van der Waals surface area contributed by atoms with E-state index in [0.29, 0.717) is 18.2 Å². The second-order valence-electron chi connectivity index (χ2n) is 12.5. The van der Waals surface area contributed by atoms with E-state index >= 15 is 0 Å².